The van der Waals surface area contributed by atoms with Gasteiger partial charge in [0.2, 0.25) is 5.76 Å². The van der Waals surface area contributed by atoms with Crippen LogP contribution in [0.2, 0.25) is 0 Å². The molecule has 0 unspecified atom stereocenters. The van der Waals surface area contributed by atoms with Crippen molar-refractivity contribution in [2.24, 2.45) is 7.05 Å². The van der Waals surface area contributed by atoms with Crippen LogP contribution in [0.25, 0.3) is 0 Å². The van der Waals surface area contributed by atoms with Crippen molar-refractivity contribution in [3.63, 3.8) is 0 Å². The van der Waals surface area contributed by atoms with Crippen molar-refractivity contribution in [2.45, 2.75) is 10.9 Å². The molecule has 0 bridgehead atoms. The summed E-state index contributed by atoms with van der Waals surface area (Å²) in [5.41, 5.74) is -1.22. The average molecular weight is 283 g/mol. The zero-order valence-electron chi connectivity index (χ0n) is 9.74. The minimum absolute atomic E-state index is 0.151. The second-order valence-electron chi connectivity index (χ2n) is 3.57. The smallest absolute Gasteiger partial charge is 0.372 e. The lowest BCUT2D eigenvalue weighted by Gasteiger charge is -2.04. The molecule has 2 aromatic rings. The number of furan rings is 1. The largest absolute Gasteiger partial charge is 0.475 e. The predicted octanol–water partition coefficient (Wildman–Crippen LogP) is 0.0521. The van der Waals surface area contributed by atoms with E-state index < -0.39 is 17.1 Å². The lowest BCUT2D eigenvalue weighted by molar-refractivity contribution is 0.0661. The van der Waals surface area contributed by atoms with Crippen molar-refractivity contribution in [1.82, 2.24) is 14.8 Å². The molecule has 19 heavy (non-hydrogen) atoms. The highest BCUT2D eigenvalue weighted by Gasteiger charge is 2.15. The Hall–Kier alpha value is -2.29. The highest BCUT2D eigenvalue weighted by Crippen LogP contribution is 2.22. The Morgan fingerprint density at radius 2 is 2.32 bits per heavy atom. The summed E-state index contributed by atoms with van der Waals surface area (Å²) in [7, 11) is 1.53. The summed E-state index contributed by atoms with van der Waals surface area (Å²) in [5, 5.41) is 11.4. The normalized spacial score (nSPS) is 10.6. The molecule has 0 radical (unpaired) electrons. The number of nitrogens with one attached hydrogen (secondary N) is 1. The van der Waals surface area contributed by atoms with Gasteiger partial charge in [0, 0.05) is 18.4 Å². The number of aromatic amines is 1. The van der Waals surface area contributed by atoms with E-state index in [2.05, 4.69) is 10.1 Å². The third-order valence-corrected chi connectivity index (χ3v) is 3.32. The molecule has 2 rings (SSSR count). The molecule has 0 saturated heterocycles. The van der Waals surface area contributed by atoms with Gasteiger partial charge < -0.3 is 9.52 Å². The molecule has 2 N–H and O–H groups in total. The molecule has 2 aromatic heterocycles. The molecule has 0 aliphatic carbocycles. The number of rotatable bonds is 4. The van der Waals surface area contributed by atoms with E-state index in [1.807, 2.05) is 0 Å². The molecule has 9 heteroatoms. The van der Waals surface area contributed by atoms with Crippen molar-refractivity contribution in [3.8, 4) is 0 Å². The molecule has 2 heterocycles. The van der Waals surface area contributed by atoms with Gasteiger partial charge in [-0.05, 0) is 6.07 Å². The monoisotopic (exact) mass is 283 g/mol. The standard InChI is InChI=1S/C10H9N3O5S/c1-13-10(11-7(14)8(15)12-13)19-4-5-2-3-18-6(5)9(16)17/h2-3H,4H2,1H3,(H,12,15)(H,16,17). The van der Waals surface area contributed by atoms with Crippen LogP contribution < -0.4 is 11.1 Å². The fourth-order valence-electron chi connectivity index (χ4n) is 1.37. The molecule has 0 aliphatic heterocycles. The van der Waals surface area contributed by atoms with Gasteiger partial charge in [0.05, 0.1) is 6.26 Å². The molecule has 0 spiro atoms. The minimum atomic E-state index is -1.16. The zero-order chi connectivity index (χ0) is 14.0. The van der Waals surface area contributed by atoms with Gasteiger partial charge >= 0.3 is 17.1 Å². The summed E-state index contributed by atoms with van der Waals surface area (Å²) >= 11 is 1.12. The summed E-state index contributed by atoms with van der Waals surface area (Å²) < 4.78 is 6.13. The van der Waals surface area contributed by atoms with Gasteiger partial charge in [0.1, 0.15) is 0 Å². The number of H-pyrrole nitrogens is 1. The Morgan fingerprint density at radius 1 is 1.58 bits per heavy atom. The van der Waals surface area contributed by atoms with Gasteiger partial charge in [-0.15, -0.1) is 0 Å². The molecular weight excluding hydrogens is 274 g/mol. The quantitative estimate of drug-likeness (QED) is 0.601. The van der Waals surface area contributed by atoms with Gasteiger partial charge in [-0.25, -0.2) is 4.79 Å². The average Bonchev–Trinajstić information content (AvgIpc) is 2.80. The van der Waals surface area contributed by atoms with Crippen LogP contribution in [0.1, 0.15) is 16.1 Å². The van der Waals surface area contributed by atoms with Crippen LogP contribution in [0.15, 0.2) is 31.5 Å². The van der Waals surface area contributed by atoms with Crippen LogP contribution in [0.4, 0.5) is 0 Å². The summed E-state index contributed by atoms with van der Waals surface area (Å²) in [6.07, 6.45) is 1.28. The zero-order valence-corrected chi connectivity index (χ0v) is 10.6. The summed E-state index contributed by atoms with van der Waals surface area (Å²) in [4.78, 5) is 36.6. The third kappa shape index (κ3) is 2.76. The van der Waals surface area contributed by atoms with Gasteiger partial charge in [0.25, 0.3) is 0 Å². The van der Waals surface area contributed by atoms with E-state index in [1.165, 1.54) is 24.1 Å². The van der Waals surface area contributed by atoms with Crippen LogP contribution in [-0.4, -0.2) is 25.8 Å². The number of nitrogens with zero attached hydrogens (tertiary/aromatic N) is 2. The van der Waals surface area contributed by atoms with Crippen LogP contribution in [-0.2, 0) is 12.8 Å². The maximum absolute atomic E-state index is 11.1. The third-order valence-electron chi connectivity index (χ3n) is 2.25. The van der Waals surface area contributed by atoms with Gasteiger partial charge in [-0.2, -0.15) is 4.98 Å². The number of hydrogen-bond acceptors (Lipinski definition) is 6. The number of aromatic nitrogens is 3. The van der Waals surface area contributed by atoms with E-state index >= 15 is 0 Å². The molecule has 0 aromatic carbocycles. The number of hydrogen-bond donors (Lipinski definition) is 2. The van der Waals surface area contributed by atoms with E-state index in [1.54, 1.807) is 0 Å². The lowest BCUT2D eigenvalue weighted by atomic mass is 10.3. The van der Waals surface area contributed by atoms with Crippen LogP contribution >= 0.6 is 11.8 Å². The highest BCUT2D eigenvalue weighted by atomic mass is 32.2. The van der Waals surface area contributed by atoms with Crippen LogP contribution in [0.3, 0.4) is 0 Å². The summed E-state index contributed by atoms with van der Waals surface area (Å²) in [6, 6.07) is 1.53. The first-order valence-electron chi connectivity index (χ1n) is 5.09. The van der Waals surface area contributed by atoms with Gasteiger partial charge in [-0.1, -0.05) is 11.8 Å². The summed E-state index contributed by atoms with van der Waals surface area (Å²) in [6.45, 7) is 0. The molecule has 0 amide bonds. The van der Waals surface area contributed by atoms with Crippen LogP contribution in [0, 0.1) is 0 Å². The van der Waals surface area contributed by atoms with Crippen molar-refractivity contribution in [3.05, 3.63) is 44.4 Å². The number of carboxylic acids is 1. The highest BCUT2D eigenvalue weighted by molar-refractivity contribution is 7.98. The second kappa shape index (κ2) is 5.14. The first kappa shape index (κ1) is 13.1. The van der Waals surface area contributed by atoms with E-state index in [9.17, 15) is 14.4 Å². The van der Waals surface area contributed by atoms with E-state index in [0.717, 1.165) is 11.8 Å². The second-order valence-corrected chi connectivity index (χ2v) is 4.51. The summed E-state index contributed by atoms with van der Waals surface area (Å²) in [5.74, 6) is -1.06. The van der Waals surface area contributed by atoms with Gasteiger partial charge in [0.15, 0.2) is 5.16 Å². The van der Waals surface area contributed by atoms with Crippen molar-refractivity contribution in [1.29, 1.82) is 0 Å². The number of aromatic carboxylic acids is 1. The molecule has 8 nitrogen and oxygen atoms in total. The van der Waals surface area contributed by atoms with Crippen molar-refractivity contribution in [2.75, 3.05) is 0 Å². The minimum Gasteiger partial charge on any atom is -0.475 e. The Morgan fingerprint density at radius 3 is 3.00 bits per heavy atom. The molecule has 0 atom stereocenters. The number of aryl methyl sites for hydroxylation is 1. The van der Waals surface area contributed by atoms with Crippen molar-refractivity contribution >= 4 is 17.7 Å². The Labute approximate surface area is 110 Å². The first-order valence-corrected chi connectivity index (χ1v) is 6.07. The molecular formula is C10H9N3O5S. The Balaban J connectivity index is 2.21. The lowest BCUT2D eigenvalue weighted by Crippen LogP contribution is -2.33. The molecule has 0 aliphatic rings. The number of carboxylic acid groups (broad SMARTS) is 1. The molecule has 0 saturated carbocycles. The van der Waals surface area contributed by atoms with E-state index in [4.69, 9.17) is 9.52 Å². The topological polar surface area (TPSA) is 118 Å². The maximum Gasteiger partial charge on any atom is 0.372 e. The fraction of sp³-hybridized carbons (Fsp3) is 0.200. The van der Waals surface area contributed by atoms with Gasteiger partial charge in [-0.3, -0.25) is 19.4 Å². The maximum atomic E-state index is 11.1. The fourth-order valence-corrected chi connectivity index (χ4v) is 2.27. The predicted molar refractivity (Wildman–Crippen MR) is 65.3 cm³/mol. The first-order chi connectivity index (χ1) is 8.99. The number of carbonyl (C=O) groups is 1. The SMILES string of the molecule is Cn1[nH]c(=O)c(=O)nc1SCc1ccoc1C(=O)O. The Bertz CT molecular complexity index is 729. The van der Waals surface area contributed by atoms with E-state index in [-0.39, 0.29) is 16.7 Å². The molecule has 0 fully saturated rings. The molecule has 100 valence electrons. The Kier molecular flexibility index (Phi) is 3.56. The van der Waals surface area contributed by atoms with Crippen molar-refractivity contribution < 1.29 is 14.3 Å². The number of thioether (sulfide) groups is 1. The van der Waals surface area contributed by atoms with E-state index in [0.29, 0.717) is 5.56 Å². The van der Waals surface area contributed by atoms with Crippen LogP contribution in [0.5, 0.6) is 0 Å².